The number of rotatable bonds is 7. The average molecular weight is 361 g/mol. The molecular weight excluding hydrogens is 328 g/mol. The highest BCUT2D eigenvalue weighted by atomic mass is 16.5. The van der Waals surface area contributed by atoms with Crippen LogP contribution in [0.25, 0.3) is 0 Å². The molecule has 1 aromatic rings. The van der Waals surface area contributed by atoms with Gasteiger partial charge in [0, 0.05) is 32.6 Å². The topological polar surface area (TPSA) is 80.0 Å². The number of aliphatic imine (C=N–C) groups is 1. The van der Waals surface area contributed by atoms with Crippen molar-refractivity contribution >= 4 is 11.9 Å². The smallest absolute Gasteiger partial charge is 0.217 e. The van der Waals surface area contributed by atoms with Crippen LogP contribution in [0.4, 0.5) is 0 Å². The molecule has 1 unspecified atom stereocenters. The van der Waals surface area contributed by atoms with Crippen LogP contribution in [0.2, 0.25) is 0 Å². The molecular formula is C20H32N4O2. The maximum absolute atomic E-state index is 11.2. The normalized spacial score (nSPS) is 17.9. The zero-order valence-corrected chi connectivity index (χ0v) is 16.3. The molecule has 1 saturated heterocycles. The Morgan fingerprint density at radius 1 is 1.46 bits per heavy atom. The Labute approximate surface area is 156 Å². The minimum atomic E-state index is -0.216. The van der Waals surface area contributed by atoms with E-state index in [1.807, 2.05) is 6.92 Å². The van der Waals surface area contributed by atoms with E-state index < -0.39 is 0 Å². The number of nitrogens with zero attached hydrogens (tertiary/aromatic N) is 2. The van der Waals surface area contributed by atoms with Crippen molar-refractivity contribution in [1.82, 2.24) is 10.2 Å². The van der Waals surface area contributed by atoms with Crippen LogP contribution in [-0.4, -0.2) is 50.1 Å². The van der Waals surface area contributed by atoms with Gasteiger partial charge in [0.2, 0.25) is 5.91 Å². The quantitative estimate of drug-likeness (QED) is 0.576. The number of benzene rings is 1. The van der Waals surface area contributed by atoms with Gasteiger partial charge < -0.3 is 20.7 Å². The lowest BCUT2D eigenvalue weighted by Gasteiger charge is -2.34. The van der Waals surface area contributed by atoms with Crippen LogP contribution in [0.3, 0.4) is 0 Å². The number of aryl methyl sites for hydroxylation is 1. The third-order valence-electron chi connectivity index (χ3n) is 4.78. The number of nitrogens with one attached hydrogen (secondary N) is 1. The number of methoxy groups -OCH3 is 1. The summed E-state index contributed by atoms with van der Waals surface area (Å²) >= 11 is 0. The molecule has 1 aromatic carbocycles. The van der Waals surface area contributed by atoms with Crippen molar-refractivity contribution in [3.05, 3.63) is 29.3 Å². The number of carbonyl (C=O) groups excluding carboxylic acids is 1. The molecule has 1 atom stereocenters. The van der Waals surface area contributed by atoms with Gasteiger partial charge in [-0.15, -0.1) is 0 Å². The van der Waals surface area contributed by atoms with Gasteiger partial charge in [0.1, 0.15) is 5.75 Å². The number of hydrogen-bond donors (Lipinski definition) is 2. The third kappa shape index (κ3) is 5.93. The predicted molar refractivity (Wildman–Crippen MR) is 106 cm³/mol. The van der Waals surface area contributed by atoms with Gasteiger partial charge in [-0.05, 0) is 56.2 Å². The van der Waals surface area contributed by atoms with Gasteiger partial charge in [0.05, 0.1) is 7.11 Å². The lowest BCUT2D eigenvalue weighted by atomic mass is 9.95. The van der Waals surface area contributed by atoms with Crippen LogP contribution in [0.1, 0.15) is 37.3 Å². The summed E-state index contributed by atoms with van der Waals surface area (Å²) in [6.07, 6.45) is 3.45. The molecule has 0 spiro atoms. The Bertz CT molecular complexity index is 630. The Kier molecular flexibility index (Phi) is 7.75. The number of piperidine rings is 1. The summed E-state index contributed by atoms with van der Waals surface area (Å²) in [6.45, 7) is 7.47. The van der Waals surface area contributed by atoms with Crippen molar-refractivity contribution in [2.45, 2.75) is 39.5 Å². The van der Waals surface area contributed by atoms with Crippen molar-refractivity contribution in [1.29, 1.82) is 0 Å². The second kappa shape index (κ2) is 10.0. The summed E-state index contributed by atoms with van der Waals surface area (Å²) < 4.78 is 5.40. The summed E-state index contributed by atoms with van der Waals surface area (Å²) in [7, 11) is 1.70. The van der Waals surface area contributed by atoms with Gasteiger partial charge in [0.15, 0.2) is 5.96 Å². The van der Waals surface area contributed by atoms with E-state index >= 15 is 0 Å². The fourth-order valence-corrected chi connectivity index (χ4v) is 3.45. The largest absolute Gasteiger partial charge is 0.496 e. The number of guanidine groups is 1. The highest BCUT2D eigenvalue weighted by Crippen LogP contribution is 2.20. The lowest BCUT2D eigenvalue weighted by Crippen LogP contribution is -2.47. The number of likely N-dealkylation sites (tertiary alicyclic amines) is 1. The Morgan fingerprint density at radius 2 is 2.27 bits per heavy atom. The van der Waals surface area contributed by atoms with Gasteiger partial charge in [-0.2, -0.15) is 0 Å². The second-order valence-electron chi connectivity index (χ2n) is 6.91. The molecule has 6 heteroatoms. The summed E-state index contributed by atoms with van der Waals surface area (Å²) in [5, 5.41) is 3.38. The Balaban J connectivity index is 1.98. The molecule has 1 fully saturated rings. The maximum atomic E-state index is 11.2. The zero-order valence-electron chi connectivity index (χ0n) is 16.3. The van der Waals surface area contributed by atoms with Gasteiger partial charge in [0.25, 0.3) is 0 Å². The van der Waals surface area contributed by atoms with E-state index in [0.29, 0.717) is 18.9 Å². The third-order valence-corrected chi connectivity index (χ3v) is 4.78. The molecule has 0 aliphatic carbocycles. The van der Waals surface area contributed by atoms with Crippen LogP contribution < -0.4 is 15.8 Å². The first-order valence-electron chi connectivity index (χ1n) is 9.48. The molecule has 144 valence electrons. The first-order valence-corrected chi connectivity index (χ1v) is 9.48. The molecule has 0 saturated carbocycles. The molecule has 1 amide bonds. The van der Waals surface area contributed by atoms with Gasteiger partial charge in [-0.25, -0.2) is 0 Å². The maximum Gasteiger partial charge on any atom is 0.217 e. The first-order chi connectivity index (χ1) is 12.5. The molecule has 1 aliphatic rings. The summed E-state index contributed by atoms with van der Waals surface area (Å²) in [5.41, 5.74) is 7.73. The lowest BCUT2D eigenvalue weighted by molar-refractivity contribution is -0.119. The van der Waals surface area contributed by atoms with Crippen LogP contribution in [0.15, 0.2) is 23.2 Å². The van der Waals surface area contributed by atoms with E-state index in [0.717, 1.165) is 56.2 Å². The molecule has 1 aliphatic heterocycles. The standard InChI is InChI=1S/C20H32N4O2/c1-4-22-20(24-11-5-6-17(14-24)13-19(21)25)23-10-9-16-8-7-15(2)18(12-16)26-3/h7-8,12,17H,4-6,9-11,13-14H2,1-3H3,(H2,21,25)(H,22,23). The molecule has 6 nitrogen and oxygen atoms in total. The van der Waals surface area contributed by atoms with Crippen LogP contribution in [0, 0.1) is 12.8 Å². The second-order valence-corrected chi connectivity index (χ2v) is 6.91. The number of hydrogen-bond acceptors (Lipinski definition) is 3. The number of carbonyl (C=O) groups is 1. The summed E-state index contributed by atoms with van der Waals surface area (Å²) in [4.78, 5) is 18.3. The molecule has 0 radical (unpaired) electrons. The Hall–Kier alpha value is -2.24. The van der Waals surface area contributed by atoms with Gasteiger partial charge >= 0.3 is 0 Å². The summed E-state index contributed by atoms with van der Waals surface area (Å²) in [6, 6.07) is 6.30. The van der Waals surface area contributed by atoms with Crippen molar-refractivity contribution in [2.75, 3.05) is 33.3 Å². The minimum Gasteiger partial charge on any atom is -0.496 e. The fraction of sp³-hybridized carbons (Fsp3) is 0.600. The molecule has 26 heavy (non-hydrogen) atoms. The van der Waals surface area contributed by atoms with E-state index in [1.165, 1.54) is 5.56 Å². The number of amides is 1. The van der Waals surface area contributed by atoms with Gasteiger partial charge in [-0.1, -0.05) is 12.1 Å². The minimum absolute atomic E-state index is 0.216. The number of ether oxygens (including phenoxy) is 1. The monoisotopic (exact) mass is 360 g/mol. The number of primary amides is 1. The fourth-order valence-electron chi connectivity index (χ4n) is 3.45. The highest BCUT2D eigenvalue weighted by molar-refractivity contribution is 5.80. The van der Waals surface area contributed by atoms with Crippen molar-refractivity contribution < 1.29 is 9.53 Å². The molecule has 0 aromatic heterocycles. The Morgan fingerprint density at radius 3 is 2.96 bits per heavy atom. The highest BCUT2D eigenvalue weighted by Gasteiger charge is 2.23. The molecule has 1 heterocycles. The zero-order chi connectivity index (χ0) is 18.9. The number of nitrogens with two attached hydrogens (primary N) is 1. The van der Waals surface area contributed by atoms with E-state index in [2.05, 4.69) is 35.3 Å². The van der Waals surface area contributed by atoms with E-state index in [1.54, 1.807) is 7.11 Å². The van der Waals surface area contributed by atoms with E-state index in [9.17, 15) is 4.79 Å². The van der Waals surface area contributed by atoms with E-state index in [4.69, 9.17) is 15.5 Å². The first kappa shape index (κ1) is 20.1. The SMILES string of the molecule is CCNC(=NCCc1ccc(C)c(OC)c1)N1CCCC(CC(N)=O)C1. The van der Waals surface area contributed by atoms with Crippen molar-refractivity contribution in [3.8, 4) is 5.75 Å². The van der Waals surface area contributed by atoms with Gasteiger partial charge in [-0.3, -0.25) is 9.79 Å². The van der Waals surface area contributed by atoms with Crippen LogP contribution in [-0.2, 0) is 11.2 Å². The predicted octanol–water partition coefficient (Wildman–Crippen LogP) is 2.10. The molecule has 3 N–H and O–H groups in total. The molecule has 2 rings (SSSR count). The average Bonchev–Trinajstić information content (AvgIpc) is 2.62. The summed E-state index contributed by atoms with van der Waals surface area (Å²) in [5.74, 6) is 1.96. The van der Waals surface area contributed by atoms with Crippen molar-refractivity contribution in [2.24, 2.45) is 16.6 Å². The van der Waals surface area contributed by atoms with Crippen LogP contribution >= 0.6 is 0 Å². The van der Waals surface area contributed by atoms with Crippen LogP contribution in [0.5, 0.6) is 5.75 Å². The molecule has 0 bridgehead atoms. The van der Waals surface area contributed by atoms with Crippen molar-refractivity contribution in [3.63, 3.8) is 0 Å². The van der Waals surface area contributed by atoms with E-state index in [-0.39, 0.29) is 5.91 Å².